The number of rotatable bonds is 1. The number of hydrogen-bond acceptors (Lipinski definition) is 4. The Morgan fingerprint density at radius 1 is 1.50 bits per heavy atom. The molecule has 0 fully saturated rings. The predicted molar refractivity (Wildman–Crippen MR) is 52.7 cm³/mol. The quantitative estimate of drug-likeness (QED) is 0.412. The Balaban J connectivity index is 2.64. The molecule has 4 heteroatoms. The molecule has 1 N–H and O–H groups in total. The Bertz CT molecular complexity index is 461. The molecule has 0 aliphatic carbocycles. The van der Waals surface area contributed by atoms with Crippen molar-refractivity contribution >= 4 is 23.4 Å². The van der Waals surface area contributed by atoms with E-state index in [1.807, 2.05) is 19.1 Å². The molecule has 0 atom stereocenters. The van der Waals surface area contributed by atoms with E-state index in [2.05, 4.69) is 10.1 Å². The summed E-state index contributed by atoms with van der Waals surface area (Å²) >= 11 is 0. The van der Waals surface area contributed by atoms with Crippen molar-refractivity contribution in [1.29, 1.82) is 0 Å². The number of carbonyl (C=O) groups excluding carboxylic acids is 1. The van der Waals surface area contributed by atoms with E-state index in [4.69, 9.17) is 5.21 Å². The fourth-order valence-electron chi connectivity index (χ4n) is 1.45. The molecule has 0 saturated carbocycles. The van der Waals surface area contributed by atoms with Gasteiger partial charge in [0.2, 0.25) is 0 Å². The molecular formula is C10H8N2O2. The number of aliphatic imine (C=N–C) groups is 1. The van der Waals surface area contributed by atoms with Crippen LogP contribution in [0.25, 0.3) is 0 Å². The first kappa shape index (κ1) is 8.62. The van der Waals surface area contributed by atoms with Gasteiger partial charge in [0, 0.05) is 5.56 Å². The van der Waals surface area contributed by atoms with E-state index in [0.717, 1.165) is 5.56 Å². The van der Waals surface area contributed by atoms with Gasteiger partial charge in [-0.15, -0.1) is 0 Å². The Morgan fingerprint density at radius 2 is 2.29 bits per heavy atom. The Hall–Kier alpha value is -1.97. The SMILES string of the molecule is Cc1ccc2c(c1)C(=NO)C(C=O)=N2. The molecule has 1 heterocycles. The zero-order chi connectivity index (χ0) is 10.1. The van der Waals surface area contributed by atoms with E-state index in [1.165, 1.54) is 0 Å². The average Bonchev–Trinajstić information content (AvgIpc) is 2.54. The van der Waals surface area contributed by atoms with Gasteiger partial charge in [-0.05, 0) is 19.1 Å². The molecule has 1 aliphatic heterocycles. The van der Waals surface area contributed by atoms with Gasteiger partial charge in [-0.2, -0.15) is 0 Å². The maximum Gasteiger partial charge on any atom is 0.170 e. The van der Waals surface area contributed by atoms with Gasteiger partial charge in [0.15, 0.2) is 6.29 Å². The monoisotopic (exact) mass is 188 g/mol. The molecule has 0 radical (unpaired) electrons. The van der Waals surface area contributed by atoms with Crippen LogP contribution in [0, 0.1) is 6.92 Å². The Morgan fingerprint density at radius 3 is 2.93 bits per heavy atom. The molecule has 0 amide bonds. The number of aryl methyl sites for hydroxylation is 1. The zero-order valence-electron chi connectivity index (χ0n) is 7.56. The van der Waals surface area contributed by atoms with Gasteiger partial charge in [0.25, 0.3) is 0 Å². The highest BCUT2D eigenvalue weighted by Gasteiger charge is 2.22. The van der Waals surface area contributed by atoms with Crippen LogP contribution in [0.3, 0.4) is 0 Å². The van der Waals surface area contributed by atoms with Crippen LogP contribution < -0.4 is 0 Å². The van der Waals surface area contributed by atoms with E-state index >= 15 is 0 Å². The lowest BCUT2D eigenvalue weighted by Crippen LogP contribution is -2.12. The lowest BCUT2D eigenvalue weighted by atomic mass is 10.1. The topological polar surface area (TPSA) is 62.0 Å². The number of benzene rings is 1. The van der Waals surface area contributed by atoms with Crippen LogP contribution in [0.5, 0.6) is 0 Å². The van der Waals surface area contributed by atoms with E-state index in [1.54, 1.807) is 6.07 Å². The fourth-order valence-corrected chi connectivity index (χ4v) is 1.45. The van der Waals surface area contributed by atoms with Crippen molar-refractivity contribution < 1.29 is 10.0 Å². The molecule has 0 spiro atoms. The van der Waals surface area contributed by atoms with E-state index in [0.29, 0.717) is 17.5 Å². The van der Waals surface area contributed by atoms with Crippen LogP contribution in [-0.2, 0) is 4.79 Å². The van der Waals surface area contributed by atoms with Crippen molar-refractivity contribution in [3.63, 3.8) is 0 Å². The number of fused-ring (bicyclic) bond motifs is 1. The summed E-state index contributed by atoms with van der Waals surface area (Å²) in [7, 11) is 0. The minimum atomic E-state index is 0.174. The number of aldehydes is 1. The molecule has 0 unspecified atom stereocenters. The minimum absolute atomic E-state index is 0.174. The van der Waals surface area contributed by atoms with Crippen molar-refractivity contribution in [1.82, 2.24) is 0 Å². The van der Waals surface area contributed by atoms with Crippen molar-refractivity contribution in [3.05, 3.63) is 29.3 Å². The smallest absolute Gasteiger partial charge is 0.170 e. The second-order valence-corrected chi connectivity index (χ2v) is 3.08. The Kier molecular flexibility index (Phi) is 1.89. The summed E-state index contributed by atoms with van der Waals surface area (Å²) in [6, 6.07) is 5.53. The van der Waals surface area contributed by atoms with Crippen molar-refractivity contribution in [2.75, 3.05) is 0 Å². The summed E-state index contributed by atoms with van der Waals surface area (Å²) in [4.78, 5) is 14.6. The number of oxime groups is 1. The number of hydrogen-bond donors (Lipinski definition) is 1. The van der Waals surface area contributed by atoms with Crippen LogP contribution in [-0.4, -0.2) is 22.9 Å². The predicted octanol–water partition coefficient (Wildman–Crippen LogP) is 1.46. The third kappa shape index (κ3) is 1.12. The van der Waals surface area contributed by atoms with Crippen molar-refractivity contribution in [3.8, 4) is 0 Å². The molecule has 1 aliphatic rings. The second-order valence-electron chi connectivity index (χ2n) is 3.08. The van der Waals surface area contributed by atoms with E-state index < -0.39 is 0 Å². The van der Waals surface area contributed by atoms with Gasteiger partial charge in [0.1, 0.15) is 11.4 Å². The van der Waals surface area contributed by atoms with Gasteiger partial charge in [-0.3, -0.25) is 4.79 Å². The first-order valence-corrected chi connectivity index (χ1v) is 4.13. The van der Waals surface area contributed by atoms with Crippen LogP contribution in [0.1, 0.15) is 11.1 Å². The molecular weight excluding hydrogens is 180 g/mol. The normalized spacial score (nSPS) is 16.6. The maximum atomic E-state index is 10.6. The van der Waals surface area contributed by atoms with Gasteiger partial charge in [-0.25, -0.2) is 4.99 Å². The molecule has 2 rings (SSSR count). The lowest BCUT2D eigenvalue weighted by molar-refractivity contribution is -0.102. The zero-order valence-corrected chi connectivity index (χ0v) is 7.56. The third-order valence-corrected chi connectivity index (χ3v) is 2.10. The number of carbonyl (C=O) groups is 1. The van der Waals surface area contributed by atoms with Crippen LogP contribution >= 0.6 is 0 Å². The molecule has 0 aromatic heterocycles. The average molecular weight is 188 g/mol. The molecule has 1 aromatic rings. The summed E-state index contributed by atoms with van der Waals surface area (Å²) < 4.78 is 0. The van der Waals surface area contributed by atoms with Gasteiger partial charge in [-0.1, -0.05) is 16.8 Å². The summed E-state index contributed by atoms with van der Waals surface area (Å²) in [6.45, 7) is 1.92. The molecule has 14 heavy (non-hydrogen) atoms. The molecule has 0 saturated heterocycles. The highest BCUT2D eigenvalue weighted by atomic mass is 16.4. The summed E-state index contributed by atoms with van der Waals surface area (Å²) in [5.41, 5.74) is 2.83. The molecule has 1 aromatic carbocycles. The molecule has 0 bridgehead atoms. The minimum Gasteiger partial charge on any atom is -0.410 e. The van der Waals surface area contributed by atoms with Gasteiger partial charge >= 0.3 is 0 Å². The van der Waals surface area contributed by atoms with Crippen LogP contribution in [0.4, 0.5) is 5.69 Å². The van der Waals surface area contributed by atoms with Gasteiger partial charge < -0.3 is 5.21 Å². The highest BCUT2D eigenvalue weighted by Crippen LogP contribution is 2.27. The first-order valence-electron chi connectivity index (χ1n) is 4.13. The van der Waals surface area contributed by atoms with Gasteiger partial charge in [0.05, 0.1) is 5.69 Å². The standard InChI is InChI=1S/C10H8N2O2/c1-6-2-3-8-7(4-6)10(12-14)9(5-13)11-8/h2-5,14H,1H3. The van der Waals surface area contributed by atoms with Crippen molar-refractivity contribution in [2.45, 2.75) is 6.92 Å². The third-order valence-electron chi connectivity index (χ3n) is 2.10. The first-order chi connectivity index (χ1) is 6.76. The molecule has 70 valence electrons. The maximum absolute atomic E-state index is 10.6. The van der Waals surface area contributed by atoms with Crippen LogP contribution in [0.2, 0.25) is 0 Å². The summed E-state index contributed by atoms with van der Waals surface area (Å²) in [5.74, 6) is 0. The van der Waals surface area contributed by atoms with Crippen molar-refractivity contribution in [2.24, 2.45) is 10.1 Å². The number of nitrogens with zero attached hydrogens (tertiary/aromatic N) is 2. The summed E-state index contributed by atoms with van der Waals surface area (Å²) in [6.07, 6.45) is 0.588. The van der Waals surface area contributed by atoms with E-state index in [9.17, 15) is 4.79 Å². The van der Waals surface area contributed by atoms with E-state index in [-0.39, 0.29) is 11.4 Å². The summed E-state index contributed by atoms with van der Waals surface area (Å²) in [5, 5.41) is 11.8. The lowest BCUT2D eigenvalue weighted by Gasteiger charge is -1.98. The molecule has 4 nitrogen and oxygen atoms in total. The fraction of sp³-hybridized carbons (Fsp3) is 0.100. The highest BCUT2D eigenvalue weighted by molar-refractivity contribution is 6.67. The van der Waals surface area contributed by atoms with Crippen LogP contribution in [0.15, 0.2) is 28.3 Å². The largest absolute Gasteiger partial charge is 0.410 e. The second kappa shape index (κ2) is 3.06. The Labute approximate surface area is 80.6 Å².